The van der Waals surface area contributed by atoms with Crippen LogP contribution in [0, 0.1) is 5.92 Å². The summed E-state index contributed by atoms with van der Waals surface area (Å²) in [7, 11) is 0. The Morgan fingerprint density at radius 1 is 1.00 bits per heavy atom. The van der Waals surface area contributed by atoms with Crippen molar-refractivity contribution >= 4 is 29.3 Å². The zero-order chi connectivity index (χ0) is 19.8. The summed E-state index contributed by atoms with van der Waals surface area (Å²) >= 11 is 5.82. The first-order chi connectivity index (χ1) is 13.6. The maximum Gasteiger partial charge on any atom is 0.321 e. The minimum Gasteiger partial charge on any atom is -0.490 e. The molecule has 1 aliphatic rings. The minimum absolute atomic E-state index is 0.144. The number of carbonyl (C=O) groups is 2. The van der Waals surface area contributed by atoms with Crippen LogP contribution in [0.3, 0.4) is 0 Å². The van der Waals surface area contributed by atoms with Crippen LogP contribution in [0.5, 0.6) is 5.75 Å². The van der Waals surface area contributed by atoms with Crippen molar-refractivity contribution in [3.63, 3.8) is 0 Å². The number of likely N-dealkylation sites (tertiary alicyclic amines) is 1. The number of esters is 1. The van der Waals surface area contributed by atoms with E-state index in [4.69, 9.17) is 21.1 Å². The lowest BCUT2D eigenvalue weighted by molar-refractivity contribution is -0.150. The lowest BCUT2D eigenvalue weighted by Gasteiger charge is -2.31. The van der Waals surface area contributed by atoms with Gasteiger partial charge in [0.15, 0.2) is 0 Å². The van der Waals surface area contributed by atoms with E-state index in [1.807, 2.05) is 30.3 Å². The van der Waals surface area contributed by atoms with Crippen molar-refractivity contribution in [2.75, 3.05) is 31.6 Å². The van der Waals surface area contributed by atoms with Crippen LogP contribution in [-0.4, -0.2) is 43.2 Å². The number of piperidine rings is 1. The molecule has 1 fully saturated rings. The van der Waals surface area contributed by atoms with Crippen molar-refractivity contribution in [3.8, 4) is 5.75 Å². The summed E-state index contributed by atoms with van der Waals surface area (Å²) in [5.41, 5.74) is 0.759. The van der Waals surface area contributed by atoms with Gasteiger partial charge in [-0.25, -0.2) is 4.79 Å². The van der Waals surface area contributed by atoms with Gasteiger partial charge in [0.05, 0.1) is 5.92 Å². The maximum absolute atomic E-state index is 12.3. The Morgan fingerprint density at radius 2 is 1.68 bits per heavy atom. The van der Waals surface area contributed by atoms with Gasteiger partial charge in [0, 0.05) is 23.8 Å². The number of hydrogen-bond donors (Lipinski definition) is 1. The summed E-state index contributed by atoms with van der Waals surface area (Å²) in [6.45, 7) is 1.53. The molecule has 3 rings (SSSR count). The van der Waals surface area contributed by atoms with E-state index in [2.05, 4.69) is 5.32 Å². The number of nitrogens with zero attached hydrogens (tertiary/aromatic N) is 1. The fraction of sp³-hybridized carbons (Fsp3) is 0.333. The highest BCUT2D eigenvalue weighted by molar-refractivity contribution is 6.30. The van der Waals surface area contributed by atoms with Crippen LogP contribution in [0.1, 0.15) is 12.8 Å². The summed E-state index contributed by atoms with van der Waals surface area (Å²) < 4.78 is 10.8. The zero-order valence-corrected chi connectivity index (χ0v) is 16.2. The first kappa shape index (κ1) is 20.0. The SMILES string of the molecule is O=C(OCCOc1ccc(Cl)cc1)C1CCN(C(=O)Nc2ccccc2)CC1. The molecule has 0 aliphatic carbocycles. The number of anilines is 1. The molecule has 0 atom stereocenters. The molecule has 0 unspecified atom stereocenters. The molecule has 1 N–H and O–H groups in total. The number of para-hydroxylation sites is 1. The van der Waals surface area contributed by atoms with E-state index in [1.165, 1.54) is 0 Å². The van der Waals surface area contributed by atoms with Gasteiger partial charge in [-0.2, -0.15) is 0 Å². The number of carbonyl (C=O) groups excluding carboxylic acids is 2. The summed E-state index contributed by atoms with van der Waals surface area (Å²) in [6.07, 6.45) is 1.19. The fourth-order valence-corrected chi connectivity index (χ4v) is 3.12. The third kappa shape index (κ3) is 5.89. The summed E-state index contributed by atoms with van der Waals surface area (Å²) in [5.74, 6) is 0.261. The predicted molar refractivity (Wildman–Crippen MR) is 108 cm³/mol. The number of halogens is 1. The average molecular weight is 403 g/mol. The van der Waals surface area contributed by atoms with Crippen LogP contribution in [-0.2, 0) is 9.53 Å². The number of nitrogens with one attached hydrogen (secondary N) is 1. The number of ether oxygens (including phenoxy) is 2. The second-order valence-corrected chi connectivity index (χ2v) is 6.96. The maximum atomic E-state index is 12.3. The Labute approximate surface area is 169 Å². The van der Waals surface area contributed by atoms with Crippen molar-refractivity contribution in [2.24, 2.45) is 5.92 Å². The van der Waals surface area contributed by atoms with Gasteiger partial charge in [0.25, 0.3) is 0 Å². The molecule has 0 radical (unpaired) electrons. The molecule has 2 amide bonds. The van der Waals surface area contributed by atoms with Crippen LogP contribution in [0.2, 0.25) is 5.02 Å². The lowest BCUT2D eigenvalue weighted by Crippen LogP contribution is -2.42. The van der Waals surface area contributed by atoms with Crippen LogP contribution < -0.4 is 10.1 Å². The number of hydrogen-bond acceptors (Lipinski definition) is 4. The van der Waals surface area contributed by atoms with Crippen molar-refractivity contribution in [1.29, 1.82) is 0 Å². The van der Waals surface area contributed by atoms with Gasteiger partial charge >= 0.3 is 12.0 Å². The van der Waals surface area contributed by atoms with Crippen molar-refractivity contribution < 1.29 is 19.1 Å². The Bertz CT molecular complexity index is 775. The number of amides is 2. The average Bonchev–Trinajstić information content (AvgIpc) is 2.73. The molecule has 28 heavy (non-hydrogen) atoms. The van der Waals surface area contributed by atoms with Crippen LogP contribution >= 0.6 is 11.6 Å². The standard InChI is InChI=1S/C21H23ClN2O4/c22-17-6-8-19(9-7-17)27-14-15-28-20(25)16-10-12-24(13-11-16)21(26)23-18-4-2-1-3-5-18/h1-9,16H,10-15H2,(H,23,26). The van der Waals surface area contributed by atoms with Crippen LogP contribution in [0.25, 0.3) is 0 Å². The molecule has 2 aromatic carbocycles. The van der Waals surface area contributed by atoms with E-state index in [0.717, 1.165) is 5.69 Å². The van der Waals surface area contributed by atoms with Crippen molar-refractivity contribution in [1.82, 2.24) is 4.90 Å². The molecule has 6 nitrogen and oxygen atoms in total. The molecule has 2 aromatic rings. The molecule has 1 aliphatic heterocycles. The van der Waals surface area contributed by atoms with E-state index < -0.39 is 0 Å². The number of urea groups is 1. The van der Waals surface area contributed by atoms with E-state index >= 15 is 0 Å². The van der Waals surface area contributed by atoms with Gasteiger partial charge < -0.3 is 19.7 Å². The highest BCUT2D eigenvalue weighted by atomic mass is 35.5. The molecule has 0 bridgehead atoms. The lowest BCUT2D eigenvalue weighted by atomic mass is 9.97. The van der Waals surface area contributed by atoms with Crippen LogP contribution in [0.4, 0.5) is 10.5 Å². The normalized spacial score (nSPS) is 14.4. The zero-order valence-electron chi connectivity index (χ0n) is 15.5. The molecule has 7 heteroatoms. The van der Waals surface area contributed by atoms with Gasteiger partial charge in [-0.1, -0.05) is 29.8 Å². The largest absolute Gasteiger partial charge is 0.490 e. The fourth-order valence-electron chi connectivity index (χ4n) is 2.99. The van der Waals surface area contributed by atoms with E-state index in [-0.39, 0.29) is 31.1 Å². The quantitative estimate of drug-likeness (QED) is 0.580. The van der Waals surface area contributed by atoms with Gasteiger partial charge in [-0.3, -0.25) is 4.79 Å². The number of benzene rings is 2. The summed E-state index contributed by atoms with van der Waals surface area (Å²) in [4.78, 5) is 26.2. The Hall–Kier alpha value is -2.73. The van der Waals surface area contributed by atoms with Crippen molar-refractivity contribution in [2.45, 2.75) is 12.8 Å². The third-order valence-electron chi connectivity index (χ3n) is 4.55. The smallest absolute Gasteiger partial charge is 0.321 e. The predicted octanol–water partition coefficient (Wildman–Crippen LogP) is 4.21. The Balaban J connectivity index is 1.34. The van der Waals surface area contributed by atoms with Gasteiger partial charge in [-0.15, -0.1) is 0 Å². The monoisotopic (exact) mass is 402 g/mol. The Kier molecular flexibility index (Phi) is 7.14. The third-order valence-corrected chi connectivity index (χ3v) is 4.80. The molecule has 148 valence electrons. The van der Waals surface area contributed by atoms with Gasteiger partial charge in [0.1, 0.15) is 19.0 Å². The molecular weight excluding hydrogens is 380 g/mol. The van der Waals surface area contributed by atoms with Gasteiger partial charge in [-0.05, 0) is 49.2 Å². The van der Waals surface area contributed by atoms with E-state index in [1.54, 1.807) is 29.2 Å². The second kappa shape index (κ2) is 9.99. The van der Waals surface area contributed by atoms with E-state index in [0.29, 0.717) is 36.7 Å². The summed E-state index contributed by atoms with van der Waals surface area (Å²) in [6, 6.07) is 16.2. The molecular formula is C21H23ClN2O4. The first-order valence-corrected chi connectivity index (χ1v) is 9.65. The molecule has 1 saturated heterocycles. The van der Waals surface area contributed by atoms with Crippen molar-refractivity contribution in [3.05, 3.63) is 59.6 Å². The minimum atomic E-state index is -0.233. The molecule has 0 aromatic heterocycles. The highest BCUT2D eigenvalue weighted by Gasteiger charge is 2.28. The highest BCUT2D eigenvalue weighted by Crippen LogP contribution is 2.20. The molecule has 1 heterocycles. The first-order valence-electron chi connectivity index (χ1n) is 9.28. The second-order valence-electron chi connectivity index (χ2n) is 6.53. The summed E-state index contributed by atoms with van der Waals surface area (Å²) in [5, 5.41) is 3.50. The van der Waals surface area contributed by atoms with Gasteiger partial charge in [0.2, 0.25) is 0 Å². The van der Waals surface area contributed by atoms with E-state index in [9.17, 15) is 9.59 Å². The topological polar surface area (TPSA) is 67.9 Å². The number of rotatable bonds is 6. The Morgan fingerprint density at radius 3 is 2.36 bits per heavy atom. The molecule has 0 saturated carbocycles. The van der Waals surface area contributed by atoms with Crippen LogP contribution in [0.15, 0.2) is 54.6 Å². The molecule has 0 spiro atoms.